The molecule has 2 heterocycles. The van der Waals surface area contributed by atoms with E-state index in [2.05, 4.69) is 15.4 Å². The number of imidazole rings is 1. The van der Waals surface area contributed by atoms with E-state index in [4.69, 9.17) is 0 Å². The van der Waals surface area contributed by atoms with Crippen molar-refractivity contribution in [1.29, 1.82) is 0 Å². The van der Waals surface area contributed by atoms with Gasteiger partial charge < -0.3 is 9.88 Å². The van der Waals surface area contributed by atoms with Crippen LogP contribution in [0.15, 0.2) is 60.9 Å². The Labute approximate surface area is 184 Å². The van der Waals surface area contributed by atoms with Crippen molar-refractivity contribution in [2.24, 2.45) is 7.05 Å². The van der Waals surface area contributed by atoms with Gasteiger partial charge in [-0.3, -0.25) is 14.9 Å². The zero-order valence-electron chi connectivity index (χ0n) is 17.9. The van der Waals surface area contributed by atoms with Crippen molar-refractivity contribution in [2.75, 3.05) is 5.32 Å². The largest absolute Gasteiger partial charge is 0.375 e. The lowest BCUT2D eigenvalue weighted by Crippen LogP contribution is -2.10. The maximum absolute atomic E-state index is 12.7. The minimum absolute atomic E-state index is 0.171. The van der Waals surface area contributed by atoms with Crippen LogP contribution in [-0.4, -0.2) is 30.0 Å². The standard InChI is InChI=1S/C23H22N6O3/c1-15-19(16(2)28(26-15)18-7-5-4-6-8-18)14-25-20-10-9-17(13-21(20)29(31)32)22(30)23-24-11-12-27(23)3/h4-13,25H,14H2,1-3H3. The number of carbonyl (C=O) groups excluding carboxylic acids is 1. The molecule has 0 aliphatic rings. The van der Waals surface area contributed by atoms with E-state index in [0.29, 0.717) is 12.2 Å². The number of hydrogen-bond donors (Lipinski definition) is 1. The van der Waals surface area contributed by atoms with Crippen molar-refractivity contribution < 1.29 is 9.72 Å². The van der Waals surface area contributed by atoms with Crippen molar-refractivity contribution in [3.63, 3.8) is 0 Å². The van der Waals surface area contributed by atoms with Crippen LogP contribution < -0.4 is 5.32 Å². The molecule has 4 rings (SSSR count). The van der Waals surface area contributed by atoms with Gasteiger partial charge in [-0.25, -0.2) is 9.67 Å². The molecule has 0 spiro atoms. The predicted molar refractivity (Wildman–Crippen MR) is 120 cm³/mol. The average Bonchev–Trinajstić information content (AvgIpc) is 3.34. The number of nitro benzene ring substituents is 1. The smallest absolute Gasteiger partial charge is 0.293 e. The highest BCUT2D eigenvalue weighted by Crippen LogP contribution is 2.28. The molecule has 0 saturated carbocycles. The molecule has 0 fully saturated rings. The van der Waals surface area contributed by atoms with Crippen molar-refractivity contribution in [1.82, 2.24) is 19.3 Å². The van der Waals surface area contributed by atoms with Crippen molar-refractivity contribution in [3.05, 3.63) is 99.4 Å². The van der Waals surface area contributed by atoms with E-state index in [9.17, 15) is 14.9 Å². The summed E-state index contributed by atoms with van der Waals surface area (Å²) < 4.78 is 3.44. The maximum atomic E-state index is 12.7. The van der Waals surface area contributed by atoms with Crippen LogP contribution in [0.3, 0.4) is 0 Å². The molecule has 0 aliphatic carbocycles. The topological polar surface area (TPSA) is 108 Å². The van der Waals surface area contributed by atoms with E-state index in [1.165, 1.54) is 12.3 Å². The molecule has 2 aromatic carbocycles. The third kappa shape index (κ3) is 3.87. The molecule has 1 N–H and O–H groups in total. The number of nitro groups is 1. The summed E-state index contributed by atoms with van der Waals surface area (Å²) in [7, 11) is 1.70. The second kappa shape index (κ2) is 8.46. The predicted octanol–water partition coefficient (Wildman–Crippen LogP) is 3.97. The molecule has 0 unspecified atom stereocenters. The number of hydrogen-bond acceptors (Lipinski definition) is 6. The fourth-order valence-corrected chi connectivity index (χ4v) is 3.62. The molecule has 32 heavy (non-hydrogen) atoms. The van der Waals surface area contributed by atoms with E-state index in [-0.39, 0.29) is 22.9 Å². The van der Waals surface area contributed by atoms with E-state index in [0.717, 1.165) is 22.6 Å². The second-order valence-electron chi connectivity index (χ2n) is 7.43. The Morgan fingerprint density at radius 1 is 1.16 bits per heavy atom. The molecule has 0 atom stereocenters. The van der Waals surface area contributed by atoms with Crippen molar-refractivity contribution in [2.45, 2.75) is 20.4 Å². The van der Waals surface area contributed by atoms with E-state index in [1.54, 1.807) is 29.9 Å². The number of rotatable bonds is 7. The van der Waals surface area contributed by atoms with Gasteiger partial charge in [0.05, 0.1) is 16.3 Å². The SMILES string of the molecule is Cc1nn(-c2ccccc2)c(C)c1CNc1ccc(C(=O)c2nccn2C)cc1[N+](=O)[O-]. The van der Waals surface area contributed by atoms with Gasteiger partial charge in [-0.05, 0) is 38.1 Å². The highest BCUT2D eigenvalue weighted by molar-refractivity contribution is 6.07. The van der Waals surface area contributed by atoms with Gasteiger partial charge in [-0.2, -0.15) is 5.10 Å². The first-order valence-electron chi connectivity index (χ1n) is 10.0. The molecule has 4 aromatic rings. The van der Waals surface area contributed by atoms with Crippen LogP contribution in [0.2, 0.25) is 0 Å². The molecule has 0 radical (unpaired) electrons. The Balaban J connectivity index is 1.60. The van der Waals surface area contributed by atoms with Gasteiger partial charge in [-0.1, -0.05) is 18.2 Å². The lowest BCUT2D eigenvalue weighted by atomic mass is 10.1. The second-order valence-corrected chi connectivity index (χ2v) is 7.43. The maximum Gasteiger partial charge on any atom is 0.293 e. The summed E-state index contributed by atoms with van der Waals surface area (Å²) in [6.07, 6.45) is 3.16. The van der Waals surface area contributed by atoms with Gasteiger partial charge in [0.25, 0.3) is 5.69 Å². The third-order valence-corrected chi connectivity index (χ3v) is 5.38. The van der Waals surface area contributed by atoms with Crippen LogP contribution in [-0.2, 0) is 13.6 Å². The summed E-state index contributed by atoms with van der Waals surface area (Å²) in [5.41, 5.74) is 4.06. The summed E-state index contributed by atoms with van der Waals surface area (Å²) in [5.74, 6) is -0.150. The Kier molecular flexibility index (Phi) is 5.55. The number of para-hydroxylation sites is 1. The molecule has 9 heteroatoms. The number of benzene rings is 2. The van der Waals surface area contributed by atoms with E-state index < -0.39 is 4.92 Å². The summed E-state index contributed by atoms with van der Waals surface area (Å²) >= 11 is 0. The van der Waals surface area contributed by atoms with Crippen molar-refractivity contribution >= 4 is 17.2 Å². The first-order valence-corrected chi connectivity index (χ1v) is 10.0. The minimum atomic E-state index is -0.495. The molecule has 9 nitrogen and oxygen atoms in total. The normalized spacial score (nSPS) is 10.8. The quantitative estimate of drug-likeness (QED) is 0.270. The van der Waals surface area contributed by atoms with Crippen LogP contribution in [0.25, 0.3) is 5.69 Å². The fraction of sp³-hybridized carbons (Fsp3) is 0.174. The number of nitrogens with one attached hydrogen (secondary N) is 1. The van der Waals surface area contributed by atoms with Crippen LogP contribution in [0.1, 0.15) is 33.1 Å². The van der Waals surface area contributed by atoms with E-state index in [1.807, 2.05) is 48.9 Å². The van der Waals surface area contributed by atoms with Gasteiger partial charge in [0.2, 0.25) is 5.78 Å². The first kappa shape index (κ1) is 21.0. The molecule has 0 saturated heterocycles. The average molecular weight is 430 g/mol. The Morgan fingerprint density at radius 2 is 1.91 bits per heavy atom. The Hall–Kier alpha value is -4.27. The van der Waals surface area contributed by atoms with Crippen molar-refractivity contribution in [3.8, 4) is 5.69 Å². The first-order chi connectivity index (χ1) is 15.4. The number of nitrogens with zero attached hydrogens (tertiary/aromatic N) is 5. The van der Waals surface area contributed by atoms with Crippen LogP contribution >= 0.6 is 0 Å². The summed E-state index contributed by atoms with van der Waals surface area (Å²) in [6.45, 7) is 4.23. The fourth-order valence-electron chi connectivity index (χ4n) is 3.62. The molecule has 0 bridgehead atoms. The molecule has 0 aliphatic heterocycles. The highest BCUT2D eigenvalue weighted by atomic mass is 16.6. The lowest BCUT2D eigenvalue weighted by Gasteiger charge is -2.10. The Bertz CT molecular complexity index is 1310. The number of anilines is 1. The van der Waals surface area contributed by atoms with Gasteiger partial charge in [0.15, 0.2) is 5.82 Å². The number of aryl methyl sites for hydroxylation is 2. The lowest BCUT2D eigenvalue weighted by molar-refractivity contribution is -0.384. The zero-order valence-corrected chi connectivity index (χ0v) is 17.9. The number of carbonyl (C=O) groups is 1. The molecular formula is C23H22N6O3. The zero-order chi connectivity index (χ0) is 22.8. The third-order valence-electron chi connectivity index (χ3n) is 5.38. The summed E-state index contributed by atoms with van der Waals surface area (Å²) in [4.78, 5) is 27.9. The van der Waals surface area contributed by atoms with Gasteiger partial charge >= 0.3 is 0 Å². The minimum Gasteiger partial charge on any atom is -0.375 e. The van der Waals surface area contributed by atoms with Gasteiger partial charge in [0.1, 0.15) is 5.69 Å². The number of aromatic nitrogens is 4. The number of ketones is 1. The molecular weight excluding hydrogens is 408 g/mol. The molecule has 0 amide bonds. The highest BCUT2D eigenvalue weighted by Gasteiger charge is 2.21. The van der Waals surface area contributed by atoms with Gasteiger partial charge in [0, 0.05) is 48.9 Å². The molecule has 162 valence electrons. The summed E-state index contributed by atoms with van der Waals surface area (Å²) in [6, 6.07) is 14.2. The van der Waals surface area contributed by atoms with E-state index >= 15 is 0 Å². The van der Waals surface area contributed by atoms with Crippen LogP contribution in [0.5, 0.6) is 0 Å². The monoisotopic (exact) mass is 430 g/mol. The molecule has 2 aromatic heterocycles. The van der Waals surface area contributed by atoms with Gasteiger partial charge in [-0.15, -0.1) is 0 Å². The van der Waals surface area contributed by atoms with Crippen LogP contribution in [0, 0.1) is 24.0 Å². The van der Waals surface area contributed by atoms with Crippen LogP contribution in [0.4, 0.5) is 11.4 Å². The summed E-state index contributed by atoms with van der Waals surface area (Å²) in [5, 5.41) is 19.5. The Morgan fingerprint density at radius 3 is 2.56 bits per heavy atom.